The van der Waals surface area contributed by atoms with Crippen LogP contribution in [0.15, 0.2) is 53.9 Å². The summed E-state index contributed by atoms with van der Waals surface area (Å²) in [5, 5.41) is 8.34. The van der Waals surface area contributed by atoms with Crippen molar-refractivity contribution >= 4 is 35.9 Å². The Bertz CT molecular complexity index is 954. The SMILES string of the molecule is COc1ccc(-n2cc(CN=C(N)N3CCN(c4ncccn4)CC3)nn2)cc1.I. The Morgan fingerprint density at radius 1 is 1.10 bits per heavy atom. The summed E-state index contributed by atoms with van der Waals surface area (Å²) in [6.45, 7) is 3.52. The molecule has 2 aromatic heterocycles. The third-order valence-electron chi connectivity index (χ3n) is 4.72. The van der Waals surface area contributed by atoms with Crippen molar-refractivity contribution < 1.29 is 4.74 Å². The number of aromatic nitrogens is 5. The molecule has 0 amide bonds. The lowest BCUT2D eigenvalue weighted by atomic mass is 10.3. The van der Waals surface area contributed by atoms with Gasteiger partial charge in [-0.2, -0.15) is 0 Å². The van der Waals surface area contributed by atoms with Crippen LogP contribution in [-0.2, 0) is 6.54 Å². The van der Waals surface area contributed by atoms with E-state index in [9.17, 15) is 0 Å². The molecule has 1 saturated heterocycles. The normalized spacial score (nSPS) is 14.4. The van der Waals surface area contributed by atoms with E-state index in [1.807, 2.05) is 36.5 Å². The van der Waals surface area contributed by atoms with Crippen LogP contribution in [0.4, 0.5) is 5.95 Å². The monoisotopic (exact) mass is 521 g/mol. The van der Waals surface area contributed by atoms with Gasteiger partial charge in [-0.15, -0.1) is 29.1 Å². The van der Waals surface area contributed by atoms with Crippen molar-refractivity contribution in [3.63, 3.8) is 0 Å². The minimum atomic E-state index is 0. The lowest BCUT2D eigenvalue weighted by Crippen LogP contribution is -2.51. The molecular weight excluding hydrogens is 497 g/mol. The fraction of sp³-hybridized carbons (Fsp3) is 0.316. The van der Waals surface area contributed by atoms with Crippen molar-refractivity contribution in [2.45, 2.75) is 6.54 Å². The lowest BCUT2D eigenvalue weighted by Gasteiger charge is -2.35. The molecule has 0 atom stereocenters. The number of nitrogens with zero attached hydrogens (tertiary/aromatic N) is 8. The third-order valence-corrected chi connectivity index (χ3v) is 4.72. The summed E-state index contributed by atoms with van der Waals surface area (Å²) in [7, 11) is 1.64. The maximum atomic E-state index is 6.19. The fourth-order valence-corrected chi connectivity index (χ4v) is 3.08. The molecule has 0 unspecified atom stereocenters. The van der Waals surface area contributed by atoms with Gasteiger partial charge in [0.15, 0.2) is 5.96 Å². The lowest BCUT2D eigenvalue weighted by molar-refractivity contribution is 0.378. The average Bonchev–Trinajstić information content (AvgIpc) is 3.27. The van der Waals surface area contributed by atoms with Gasteiger partial charge in [-0.3, -0.25) is 0 Å². The van der Waals surface area contributed by atoms with Crippen molar-refractivity contribution in [1.82, 2.24) is 29.9 Å². The molecule has 1 aromatic carbocycles. The first-order valence-corrected chi connectivity index (χ1v) is 9.35. The van der Waals surface area contributed by atoms with Gasteiger partial charge in [0, 0.05) is 38.6 Å². The van der Waals surface area contributed by atoms with Gasteiger partial charge in [-0.05, 0) is 30.3 Å². The number of guanidine groups is 1. The largest absolute Gasteiger partial charge is 0.497 e. The molecule has 0 bridgehead atoms. The smallest absolute Gasteiger partial charge is 0.225 e. The number of rotatable bonds is 5. The van der Waals surface area contributed by atoms with Crippen LogP contribution in [-0.4, -0.2) is 69.1 Å². The molecule has 1 aliphatic heterocycles. The van der Waals surface area contributed by atoms with E-state index in [1.54, 1.807) is 24.2 Å². The predicted molar refractivity (Wildman–Crippen MR) is 124 cm³/mol. The summed E-state index contributed by atoms with van der Waals surface area (Å²) in [5.74, 6) is 2.06. The van der Waals surface area contributed by atoms with E-state index in [1.165, 1.54) is 0 Å². The van der Waals surface area contributed by atoms with Crippen LogP contribution in [0.25, 0.3) is 5.69 Å². The van der Waals surface area contributed by atoms with Crippen LogP contribution >= 0.6 is 24.0 Å². The molecule has 3 heterocycles. The highest BCUT2D eigenvalue weighted by Gasteiger charge is 2.19. The highest BCUT2D eigenvalue weighted by molar-refractivity contribution is 14.0. The van der Waals surface area contributed by atoms with Crippen molar-refractivity contribution in [2.75, 3.05) is 38.2 Å². The zero-order chi connectivity index (χ0) is 20.1. The Labute approximate surface area is 191 Å². The first kappa shape index (κ1) is 21.7. The van der Waals surface area contributed by atoms with Crippen LogP contribution < -0.4 is 15.4 Å². The Balaban J connectivity index is 0.00000256. The number of aliphatic imine (C=N–C) groups is 1. The van der Waals surface area contributed by atoms with E-state index in [0.717, 1.165) is 49.3 Å². The molecule has 158 valence electrons. The van der Waals surface area contributed by atoms with Gasteiger partial charge in [0.2, 0.25) is 5.95 Å². The van der Waals surface area contributed by atoms with Crippen molar-refractivity contribution in [2.24, 2.45) is 10.7 Å². The van der Waals surface area contributed by atoms with Crippen molar-refractivity contribution in [1.29, 1.82) is 0 Å². The Morgan fingerprint density at radius 3 is 2.47 bits per heavy atom. The number of ether oxygens (including phenoxy) is 1. The van der Waals surface area contributed by atoms with Crippen LogP contribution in [0.2, 0.25) is 0 Å². The quantitative estimate of drug-likeness (QED) is 0.304. The second-order valence-electron chi connectivity index (χ2n) is 6.55. The van der Waals surface area contributed by atoms with Gasteiger partial charge in [0.1, 0.15) is 11.4 Å². The summed E-state index contributed by atoms with van der Waals surface area (Å²) in [4.78, 5) is 17.3. The number of piperazine rings is 1. The minimum Gasteiger partial charge on any atom is -0.497 e. The minimum absolute atomic E-state index is 0. The van der Waals surface area contributed by atoms with Gasteiger partial charge < -0.3 is 20.3 Å². The summed E-state index contributed by atoms with van der Waals surface area (Å²) in [5.41, 5.74) is 7.84. The third kappa shape index (κ3) is 5.14. The van der Waals surface area contributed by atoms with Crippen LogP contribution in [0.3, 0.4) is 0 Å². The Kier molecular flexibility index (Phi) is 7.38. The molecule has 30 heavy (non-hydrogen) atoms. The van der Waals surface area contributed by atoms with E-state index >= 15 is 0 Å². The number of halogens is 1. The molecule has 0 saturated carbocycles. The fourth-order valence-electron chi connectivity index (χ4n) is 3.08. The molecule has 1 fully saturated rings. The van der Waals surface area contributed by atoms with Crippen molar-refractivity contribution in [3.05, 3.63) is 54.6 Å². The number of hydrogen-bond acceptors (Lipinski definition) is 7. The van der Waals surface area contributed by atoms with Gasteiger partial charge in [-0.25, -0.2) is 19.6 Å². The summed E-state index contributed by atoms with van der Waals surface area (Å²) in [6, 6.07) is 9.42. The number of anilines is 1. The first-order valence-electron chi connectivity index (χ1n) is 9.35. The van der Waals surface area contributed by atoms with Crippen molar-refractivity contribution in [3.8, 4) is 11.4 Å². The number of nitrogens with two attached hydrogens (primary N) is 1. The van der Waals surface area contributed by atoms with Crippen LogP contribution in [0, 0.1) is 0 Å². The molecule has 11 heteroatoms. The maximum Gasteiger partial charge on any atom is 0.225 e. The van der Waals surface area contributed by atoms with E-state index in [0.29, 0.717) is 12.5 Å². The van der Waals surface area contributed by atoms with E-state index in [-0.39, 0.29) is 24.0 Å². The molecule has 0 radical (unpaired) electrons. The molecule has 2 N–H and O–H groups in total. The maximum absolute atomic E-state index is 6.19. The summed E-state index contributed by atoms with van der Waals surface area (Å²) >= 11 is 0. The zero-order valence-corrected chi connectivity index (χ0v) is 19.0. The zero-order valence-electron chi connectivity index (χ0n) is 16.6. The number of hydrogen-bond donors (Lipinski definition) is 1. The van der Waals surface area contributed by atoms with E-state index in [2.05, 4.69) is 35.1 Å². The second kappa shape index (κ2) is 10.2. The highest BCUT2D eigenvalue weighted by atomic mass is 127. The van der Waals surface area contributed by atoms with Gasteiger partial charge in [0.05, 0.1) is 25.5 Å². The first-order chi connectivity index (χ1) is 14.2. The highest BCUT2D eigenvalue weighted by Crippen LogP contribution is 2.14. The van der Waals surface area contributed by atoms with Gasteiger partial charge >= 0.3 is 0 Å². The molecule has 0 spiro atoms. The summed E-state index contributed by atoms with van der Waals surface area (Å²) < 4.78 is 6.88. The van der Waals surface area contributed by atoms with Crippen LogP contribution in [0.5, 0.6) is 5.75 Å². The molecule has 1 aliphatic rings. The van der Waals surface area contributed by atoms with Gasteiger partial charge in [-0.1, -0.05) is 5.21 Å². The topological polar surface area (TPSA) is 111 Å². The van der Waals surface area contributed by atoms with Gasteiger partial charge in [0.25, 0.3) is 0 Å². The second-order valence-corrected chi connectivity index (χ2v) is 6.55. The average molecular weight is 521 g/mol. The predicted octanol–water partition coefficient (Wildman–Crippen LogP) is 1.32. The standard InChI is InChI=1S/C19H23N9O.HI/c1-29-17-5-3-16(4-6-17)28-14-15(24-25-28)13-23-18(20)26-9-11-27(12-10-26)19-21-7-2-8-22-19;/h2-8,14H,9-13H2,1H3,(H2,20,23);1H. The Hall–Kier alpha value is -2.96. The molecular formula is C19H24IN9O. The Morgan fingerprint density at radius 2 is 1.80 bits per heavy atom. The molecule has 3 aromatic rings. The van der Waals surface area contributed by atoms with Crippen LogP contribution in [0.1, 0.15) is 5.69 Å². The molecule has 10 nitrogen and oxygen atoms in total. The summed E-state index contributed by atoms with van der Waals surface area (Å²) in [6.07, 6.45) is 5.36. The van der Waals surface area contributed by atoms with E-state index in [4.69, 9.17) is 10.5 Å². The number of methoxy groups -OCH3 is 1. The molecule has 0 aliphatic carbocycles. The van der Waals surface area contributed by atoms with E-state index < -0.39 is 0 Å². The number of benzene rings is 1. The molecule has 4 rings (SSSR count).